The van der Waals surface area contributed by atoms with Crippen molar-refractivity contribution in [3.63, 3.8) is 0 Å². The molecule has 1 aromatic carbocycles. The van der Waals surface area contributed by atoms with Crippen molar-refractivity contribution < 1.29 is 19.4 Å². The molecule has 3 rings (SSSR count). The summed E-state index contributed by atoms with van der Waals surface area (Å²) >= 11 is 16.7. The Morgan fingerprint density at radius 1 is 1.42 bits per heavy atom. The molecule has 0 radical (unpaired) electrons. The van der Waals surface area contributed by atoms with Gasteiger partial charge in [0.1, 0.15) is 0 Å². The minimum absolute atomic E-state index is 0.00237. The van der Waals surface area contributed by atoms with E-state index in [4.69, 9.17) is 27.9 Å². The number of aromatic hydroxyl groups is 1. The number of benzene rings is 1. The van der Waals surface area contributed by atoms with Gasteiger partial charge in [-0.2, -0.15) is 0 Å². The molecule has 0 spiro atoms. The van der Waals surface area contributed by atoms with E-state index in [9.17, 15) is 14.7 Å². The fraction of sp³-hybridized carbons (Fsp3) is 0.333. The van der Waals surface area contributed by atoms with Gasteiger partial charge < -0.3 is 9.84 Å². The largest absolute Gasteiger partial charge is 0.504 e. The lowest BCUT2D eigenvalue weighted by Crippen LogP contribution is -2.54. The maximum atomic E-state index is 13.1. The molecule has 0 saturated carbocycles. The Morgan fingerprint density at radius 3 is 2.65 bits per heavy atom. The number of amides is 2. The zero-order chi connectivity index (χ0) is 19.3. The van der Waals surface area contributed by atoms with E-state index < -0.39 is 27.5 Å². The molecule has 1 aliphatic carbocycles. The van der Waals surface area contributed by atoms with Crippen LogP contribution >= 0.6 is 39.1 Å². The number of allylic oxidation sites excluding steroid dienone is 3. The fourth-order valence-electron chi connectivity index (χ4n) is 3.64. The average Bonchev–Trinajstić information content (AvgIpc) is 2.78. The van der Waals surface area contributed by atoms with Crippen LogP contribution in [0.25, 0.3) is 0 Å². The van der Waals surface area contributed by atoms with Crippen LogP contribution in [0.2, 0.25) is 0 Å². The predicted molar refractivity (Wildman–Crippen MR) is 103 cm³/mol. The fourth-order valence-corrected chi connectivity index (χ4v) is 4.98. The zero-order valence-corrected chi connectivity index (χ0v) is 16.9. The average molecular weight is 461 g/mol. The number of alkyl halides is 3. The van der Waals surface area contributed by atoms with E-state index in [1.54, 1.807) is 24.3 Å². The summed E-state index contributed by atoms with van der Waals surface area (Å²) in [5.41, 5.74) is 1.20. The standard InChI is InChI=1S/C18H16BrCl2NO4/c1-3-10-6-7-17(20)15(24)22(9-19)16(25)18(17,21)14(10)11-4-5-13(26-2)12(23)8-11/h3-6,8,14,23H,1,7,9H2,2H3. The number of carbonyl (C=O) groups excluding carboxylic acids is 2. The number of methoxy groups -OCH3 is 1. The molecule has 2 amide bonds. The summed E-state index contributed by atoms with van der Waals surface area (Å²) in [5.74, 6) is -1.70. The monoisotopic (exact) mass is 459 g/mol. The number of fused-ring (bicyclic) bond motifs is 1. The molecule has 1 aromatic rings. The Kier molecular flexibility index (Phi) is 4.88. The number of likely N-dealkylation sites (tertiary alicyclic amines) is 1. The van der Waals surface area contributed by atoms with Crippen LogP contribution in [-0.4, -0.2) is 44.1 Å². The van der Waals surface area contributed by atoms with Gasteiger partial charge in [0.15, 0.2) is 21.2 Å². The molecule has 1 saturated heterocycles. The lowest BCUT2D eigenvalue weighted by molar-refractivity contribution is -0.138. The minimum atomic E-state index is -1.74. The van der Waals surface area contributed by atoms with E-state index >= 15 is 0 Å². The SMILES string of the molecule is C=CC1=CCC2(Cl)C(=O)N(CBr)C(=O)C2(Cl)C1c1ccc(OC)c(O)c1. The molecule has 1 fully saturated rings. The molecule has 1 N–H and O–H groups in total. The zero-order valence-electron chi connectivity index (χ0n) is 13.8. The van der Waals surface area contributed by atoms with Gasteiger partial charge in [-0.3, -0.25) is 14.5 Å². The summed E-state index contributed by atoms with van der Waals surface area (Å²) < 4.78 is 5.07. The second-order valence-corrected chi connectivity index (χ2v) is 7.89. The Bertz CT molecular complexity index is 842. The molecule has 138 valence electrons. The number of rotatable bonds is 4. The minimum Gasteiger partial charge on any atom is -0.504 e. The first-order chi connectivity index (χ1) is 12.3. The first-order valence-electron chi connectivity index (χ1n) is 7.75. The summed E-state index contributed by atoms with van der Waals surface area (Å²) in [7, 11) is 1.43. The van der Waals surface area contributed by atoms with Crippen molar-refractivity contribution in [2.75, 3.05) is 12.6 Å². The smallest absolute Gasteiger partial charge is 0.254 e. The molecule has 1 heterocycles. The van der Waals surface area contributed by atoms with Crippen molar-refractivity contribution >= 4 is 50.9 Å². The van der Waals surface area contributed by atoms with Gasteiger partial charge in [0, 0.05) is 5.92 Å². The molecule has 1 aliphatic heterocycles. The van der Waals surface area contributed by atoms with E-state index in [0.29, 0.717) is 11.1 Å². The van der Waals surface area contributed by atoms with Crippen molar-refractivity contribution in [1.82, 2.24) is 4.90 Å². The molecular formula is C18H16BrCl2NO4. The molecule has 5 nitrogen and oxygen atoms in total. The van der Waals surface area contributed by atoms with Gasteiger partial charge in [-0.15, -0.1) is 23.2 Å². The van der Waals surface area contributed by atoms with Gasteiger partial charge in [0.05, 0.1) is 12.6 Å². The number of hydrogen-bond acceptors (Lipinski definition) is 4. The first kappa shape index (κ1) is 19.3. The topological polar surface area (TPSA) is 66.8 Å². The molecule has 26 heavy (non-hydrogen) atoms. The van der Waals surface area contributed by atoms with Crippen LogP contribution in [0.4, 0.5) is 0 Å². The Morgan fingerprint density at radius 2 is 2.12 bits per heavy atom. The second kappa shape index (κ2) is 6.59. The van der Waals surface area contributed by atoms with Crippen LogP contribution in [-0.2, 0) is 9.59 Å². The normalized spacial score (nSPS) is 30.8. The van der Waals surface area contributed by atoms with Gasteiger partial charge in [0.2, 0.25) is 0 Å². The first-order valence-corrected chi connectivity index (χ1v) is 9.63. The Hall–Kier alpha value is -1.50. The maximum absolute atomic E-state index is 13.1. The lowest BCUT2D eigenvalue weighted by Gasteiger charge is -2.42. The summed E-state index contributed by atoms with van der Waals surface area (Å²) in [6, 6.07) is 4.71. The number of nitrogens with zero attached hydrogens (tertiary/aromatic N) is 1. The highest BCUT2D eigenvalue weighted by Crippen LogP contribution is 2.59. The molecule has 8 heteroatoms. The third-order valence-electron chi connectivity index (χ3n) is 4.96. The van der Waals surface area contributed by atoms with Crippen molar-refractivity contribution in [2.45, 2.75) is 22.1 Å². The van der Waals surface area contributed by atoms with Gasteiger partial charge >= 0.3 is 0 Å². The molecule has 3 unspecified atom stereocenters. The maximum Gasteiger partial charge on any atom is 0.254 e. The lowest BCUT2D eigenvalue weighted by atomic mass is 9.68. The van der Waals surface area contributed by atoms with E-state index in [-0.39, 0.29) is 23.4 Å². The van der Waals surface area contributed by atoms with Gasteiger partial charge in [-0.05, 0) is 29.7 Å². The molecule has 3 atom stereocenters. The van der Waals surface area contributed by atoms with E-state index in [2.05, 4.69) is 22.5 Å². The van der Waals surface area contributed by atoms with Crippen LogP contribution < -0.4 is 4.74 Å². The van der Waals surface area contributed by atoms with Crippen LogP contribution in [0.15, 0.2) is 42.5 Å². The molecule has 2 aliphatic rings. The molecular weight excluding hydrogens is 445 g/mol. The van der Waals surface area contributed by atoms with Gasteiger partial charge in [-0.1, -0.05) is 40.7 Å². The molecule has 0 aromatic heterocycles. The van der Waals surface area contributed by atoms with Crippen molar-refractivity contribution in [3.05, 3.63) is 48.1 Å². The van der Waals surface area contributed by atoms with Crippen LogP contribution in [0.1, 0.15) is 17.9 Å². The van der Waals surface area contributed by atoms with Crippen molar-refractivity contribution in [2.24, 2.45) is 0 Å². The van der Waals surface area contributed by atoms with E-state index in [0.717, 1.165) is 4.90 Å². The quantitative estimate of drug-likeness (QED) is 0.422. The Balaban J connectivity index is 2.24. The van der Waals surface area contributed by atoms with Crippen LogP contribution in [0, 0.1) is 0 Å². The number of ether oxygens (including phenoxy) is 1. The third kappa shape index (κ3) is 2.35. The molecule has 0 bridgehead atoms. The van der Waals surface area contributed by atoms with E-state index in [1.807, 2.05) is 0 Å². The summed E-state index contributed by atoms with van der Waals surface area (Å²) in [6.45, 7) is 3.79. The summed E-state index contributed by atoms with van der Waals surface area (Å²) in [6.07, 6.45) is 3.45. The number of carbonyl (C=O) groups is 2. The number of imide groups is 1. The number of phenolic OH excluding ortho intramolecular Hbond substituents is 1. The van der Waals surface area contributed by atoms with E-state index in [1.165, 1.54) is 13.2 Å². The highest BCUT2D eigenvalue weighted by atomic mass is 79.9. The van der Waals surface area contributed by atoms with Crippen LogP contribution in [0.5, 0.6) is 11.5 Å². The number of phenols is 1. The highest BCUT2D eigenvalue weighted by molar-refractivity contribution is 9.09. The second-order valence-electron chi connectivity index (χ2n) is 6.15. The van der Waals surface area contributed by atoms with Crippen molar-refractivity contribution in [1.29, 1.82) is 0 Å². The summed E-state index contributed by atoms with van der Waals surface area (Å²) in [5, 5.41) is 10.2. The highest BCUT2D eigenvalue weighted by Gasteiger charge is 2.72. The Labute approximate surface area is 169 Å². The third-order valence-corrected chi connectivity index (χ3v) is 6.87. The predicted octanol–water partition coefficient (Wildman–Crippen LogP) is 3.68. The van der Waals surface area contributed by atoms with Gasteiger partial charge in [0.25, 0.3) is 11.8 Å². The van der Waals surface area contributed by atoms with Crippen molar-refractivity contribution in [3.8, 4) is 11.5 Å². The van der Waals surface area contributed by atoms with Crippen LogP contribution in [0.3, 0.4) is 0 Å². The number of halogens is 3. The summed E-state index contributed by atoms with van der Waals surface area (Å²) in [4.78, 5) is 23.5. The number of hydrogen-bond donors (Lipinski definition) is 1. The van der Waals surface area contributed by atoms with Gasteiger partial charge in [-0.25, -0.2) is 0 Å².